The number of benzene rings is 2. The Kier molecular flexibility index (Phi) is 8.96. The lowest BCUT2D eigenvalue weighted by atomic mass is 9.94. The Morgan fingerprint density at radius 2 is 1.93 bits per heavy atom. The molecule has 0 aliphatic carbocycles. The molecule has 3 aromatic rings. The van der Waals surface area contributed by atoms with Gasteiger partial charge in [-0.1, -0.05) is 31.3 Å². The van der Waals surface area contributed by atoms with Crippen LogP contribution in [0.3, 0.4) is 0 Å². The van der Waals surface area contributed by atoms with Gasteiger partial charge in [0.2, 0.25) is 0 Å². The summed E-state index contributed by atoms with van der Waals surface area (Å²) in [5.74, 6) is -0.544. The molecule has 1 aromatic heterocycles. The van der Waals surface area contributed by atoms with Crippen LogP contribution in [0, 0.1) is 12.8 Å². The first-order valence-electron chi connectivity index (χ1n) is 14.6. The summed E-state index contributed by atoms with van der Waals surface area (Å²) in [6.07, 6.45) is 1.49. The van der Waals surface area contributed by atoms with Crippen molar-refractivity contribution in [3.63, 3.8) is 0 Å². The third-order valence-electron chi connectivity index (χ3n) is 7.51. The minimum absolute atomic E-state index is 0.0108. The molecule has 1 amide bonds. The summed E-state index contributed by atoms with van der Waals surface area (Å²) in [6.45, 7) is 10.5. The number of ketones is 1. The number of aliphatic hydroxyl groups excluding tert-OH is 1. The molecule has 0 saturated carbocycles. The van der Waals surface area contributed by atoms with Gasteiger partial charge in [-0.05, 0) is 74.6 Å². The molecule has 2 aliphatic rings. The normalized spacial score (nSPS) is 18.8. The van der Waals surface area contributed by atoms with Crippen LogP contribution in [0.25, 0.3) is 5.76 Å². The van der Waals surface area contributed by atoms with E-state index in [4.69, 9.17) is 18.9 Å². The number of methoxy groups -OCH3 is 1. The van der Waals surface area contributed by atoms with Crippen LogP contribution in [0.15, 0.2) is 42.0 Å². The molecule has 5 rings (SSSR count). The molecule has 1 fully saturated rings. The number of esters is 1. The Labute approximate surface area is 260 Å². The monoisotopic (exact) mass is 620 g/mol. The van der Waals surface area contributed by atoms with Gasteiger partial charge >= 0.3 is 11.9 Å². The third kappa shape index (κ3) is 5.88. The van der Waals surface area contributed by atoms with Crippen molar-refractivity contribution in [1.82, 2.24) is 4.98 Å². The molecule has 2 aromatic carbocycles. The van der Waals surface area contributed by atoms with Gasteiger partial charge in [0.25, 0.3) is 5.78 Å². The first kappa shape index (κ1) is 31.1. The molecule has 232 valence electrons. The number of rotatable bonds is 10. The first-order valence-corrected chi connectivity index (χ1v) is 15.4. The molecule has 44 heavy (non-hydrogen) atoms. The quantitative estimate of drug-likeness (QED) is 0.126. The van der Waals surface area contributed by atoms with E-state index in [0.29, 0.717) is 59.6 Å². The molecular formula is C33H36N2O8S. The maximum atomic E-state index is 13.7. The van der Waals surface area contributed by atoms with Crippen molar-refractivity contribution < 1.29 is 38.4 Å². The number of thiazole rings is 1. The molecule has 2 aliphatic heterocycles. The number of amides is 1. The van der Waals surface area contributed by atoms with Crippen molar-refractivity contribution >= 4 is 39.9 Å². The van der Waals surface area contributed by atoms with Gasteiger partial charge in [0.1, 0.15) is 22.5 Å². The van der Waals surface area contributed by atoms with Gasteiger partial charge in [0.15, 0.2) is 16.6 Å². The summed E-state index contributed by atoms with van der Waals surface area (Å²) >= 11 is 0.942. The smallest absolute Gasteiger partial charge is 0.350 e. The molecule has 0 spiro atoms. The van der Waals surface area contributed by atoms with Gasteiger partial charge in [0.05, 0.1) is 37.6 Å². The fourth-order valence-electron chi connectivity index (χ4n) is 5.32. The van der Waals surface area contributed by atoms with Gasteiger partial charge in [-0.2, -0.15) is 0 Å². The Morgan fingerprint density at radius 3 is 2.64 bits per heavy atom. The molecule has 10 nitrogen and oxygen atoms in total. The minimum Gasteiger partial charge on any atom is -0.507 e. The number of nitrogens with zero attached hydrogens (tertiary/aromatic N) is 2. The molecule has 11 heteroatoms. The van der Waals surface area contributed by atoms with E-state index in [-0.39, 0.29) is 27.4 Å². The van der Waals surface area contributed by atoms with Crippen molar-refractivity contribution in [3.8, 4) is 17.2 Å². The largest absolute Gasteiger partial charge is 0.507 e. The summed E-state index contributed by atoms with van der Waals surface area (Å²) in [5.41, 5.74) is 2.02. The lowest BCUT2D eigenvalue weighted by molar-refractivity contribution is -0.132. The molecular weight excluding hydrogens is 584 g/mol. The third-order valence-corrected chi connectivity index (χ3v) is 8.65. The van der Waals surface area contributed by atoms with Crippen LogP contribution >= 0.6 is 11.3 Å². The number of hydrogen-bond acceptors (Lipinski definition) is 10. The average molecular weight is 621 g/mol. The van der Waals surface area contributed by atoms with Crippen molar-refractivity contribution in [2.45, 2.75) is 59.6 Å². The topological polar surface area (TPSA) is 124 Å². The van der Waals surface area contributed by atoms with Crippen LogP contribution in [-0.4, -0.2) is 54.2 Å². The second kappa shape index (κ2) is 12.7. The van der Waals surface area contributed by atoms with E-state index in [1.165, 1.54) is 12.0 Å². The Morgan fingerprint density at radius 1 is 1.16 bits per heavy atom. The highest BCUT2D eigenvalue weighted by Gasteiger charge is 2.49. The number of carbonyl (C=O) groups excluding carboxylic acids is 3. The van der Waals surface area contributed by atoms with Crippen LogP contribution in [0.5, 0.6) is 17.2 Å². The van der Waals surface area contributed by atoms with E-state index in [9.17, 15) is 19.5 Å². The van der Waals surface area contributed by atoms with E-state index in [1.807, 2.05) is 13.8 Å². The summed E-state index contributed by atoms with van der Waals surface area (Å²) in [7, 11) is 1.26. The number of aromatic nitrogens is 1. The zero-order valence-electron chi connectivity index (χ0n) is 25.6. The zero-order chi connectivity index (χ0) is 31.7. The van der Waals surface area contributed by atoms with Crippen LogP contribution < -0.4 is 19.1 Å². The van der Waals surface area contributed by atoms with E-state index < -0.39 is 23.7 Å². The number of fused-ring (bicyclic) bond motifs is 1. The van der Waals surface area contributed by atoms with Gasteiger partial charge in [-0.3, -0.25) is 14.5 Å². The van der Waals surface area contributed by atoms with Crippen LogP contribution in [0.1, 0.15) is 72.2 Å². The van der Waals surface area contributed by atoms with Crippen molar-refractivity contribution in [3.05, 3.63) is 69.2 Å². The zero-order valence-corrected chi connectivity index (χ0v) is 26.4. The molecule has 0 radical (unpaired) electrons. The van der Waals surface area contributed by atoms with Gasteiger partial charge in [-0.25, -0.2) is 9.78 Å². The maximum absolute atomic E-state index is 13.7. The fraction of sp³-hybridized carbons (Fsp3) is 0.394. The summed E-state index contributed by atoms with van der Waals surface area (Å²) in [5, 5.41) is 11.8. The van der Waals surface area contributed by atoms with Crippen LogP contribution in [0.2, 0.25) is 0 Å². The molecule has 3 heterocycles. The Hall–Kier alpha value is -4.38. The molecule has 1 N–H and O–H groups in total. The molecule has 2 atom stereocenters. The summed E-state index contributed by atoms with van der Waals surface area (Å²) < 4.78 is 22.6. The second-order valence-corrected chi connectivity index (χ2v) is 12.2. The fourth-order valence-corrected chi connectivity index (χ4v) is 6.34. The predicted octanol–water partition coefficient (Wildman–Crippen LogP) is 6.01. The SMILES string of the molecule is CCOc1cc([C@@H]2C(=C(O)c3ccc4c(c3)C[C@H](C)O4)C(=O)C(=O)N2c2nc(C)c(C(=O)OC)s2)ccc1OCCC(C)C. The van der Waals surface area contributed by atoms with Crippen molar-refractivity contribution in [1.29, 1.82) is 0 Å². The Bertz CT molecular complexity index is 1640. The lowest BCUT2D eigenvalue weighted by Gasteiger charge is -2.24. The predicted molar refractivity (Wildman–Crippen MR) is 166 cm³/mol. The second-order valence-electron chi connectivity index (χ2n) is 11.2. The number of aliphatic hydroxyl groups is 1. The van der Waals surface area contributed by atoms with Gasteiger partial charge in [-0.15, -0.1) is 0 Å². The van der Waals surface area contributed by atoms with E-state index in [0.717, 1.165) is 23.3 Å². The number of hydrogen-bond donors (Lipinski definition) is 1. The van der Waals surface area contributed by atoms with Crippen molar-refractivity contribution in [2.75, 3.05) is 25.2 Å². The lowest BCUT2D eigenvalue weighted by Crippen LogP contribution is -2.29. The molecule has 0 bridgehead atoms. The average Bonchev–Trinajstić information content (AvgIpc) is 3.64. The van der Waals surface area contributed by atoms with Crippen LogP contribution in [-0.2, 0) is 20.7 Å². The van der Waals surface area contributed by atoms with Crippen molar-refractivity contribution in [2.24, 2.45) is 5.92 Å². The first-order chi connectivity index (χ1) is 21.0. The van der Waals surface area contributed by atoms with Gasteiger partial charge < -0.3 is 24.1 Å². The van der Waals surface area contributed by atoms with Crippen LogP contribution in [0.4, 0.5) is 5.13 Å². The minimum atomic E-state index is -1.07. The van der Waals surface area contributed by atoms with E-state index in [1.54, 1.807) is 43.3 Å². The standard InChI is InChI=1S/C33H36N2O8S/c1-7-41-25-16-20(8-11-24(25)42-13-12-17(2)3)27-26(28(36)21-9-10-23-22(15-21)14-18(4)43-23)29(37)31(38)35(27)33-34-19(5)30(44-33)32(39)40-6/h8-11,15-18,27,36H,7,12-14H2,1-6H3/t18-,27+/m0/s1. The molecule has 0 unspecified atom stereocenters. The highest BCUT2D eigenvalue weighted by Crippen LogP contribution is 2.46. The van der Waals surface area contributed by atoms with E-state index in [2.05, 4.69) is 18.8 Å². The summed E-state index contributed by atoms with van der Waals surface area (Å²) in [6, 6.07) is 9.31. The number of carbonyl (C=O) groups is 3. The van der Waals surface area contributed by atoms with E-state index >= 15 is 0 Å². The Balaban J connectivity index is 1.66. The number of ether oxygens (including phenoxy) is 4. The number of anilines is 1. The highest BCUT2D eigenvalue weighted by atomic mass is 32.1. The maximum Gasteiger partial charge on any atom is 0.350 e. The van der Waals surface area contributed by atoms with Gasteiger partial charge in [0, 0.05) is 12.0 Å². The number of Topliss-reactive ketones (excluding diaryl/α,β-unsaturated/α-hetero) is 1. The highest BCUT2D eigenvalue weighted by molar-refractivity contribution is 7.17. The number of aryl methyl sites for hydroxylation is 1. The summed E-state index contributed by atoms with van der Waals surface area (Å²) in [4.78, 5) is 45.8. The molecule has 1 saturated heterocycles.